The van der Waals surface area contributed by atoms with E-state index in [1.807, 2.05) is 0 Å². The van der Waals surface area contributed by atoms with Gasteiger partial charge in [0.25, 0.3) is 0 Å². The van der Waals surface area contributed by atoms with E-state index in [9.17, 15) is 14.9 Å². The maximum absolute atomic E-state index is 10.9. The molecule has 1 aliphatic carbocycles. The second-order valence-electron chi connectivity index (χ2n) is 4.09. The second-order valence-corrected chi connectivity index (χ2v) is 4.94. The van der Waals surface area contributed by atoms with Crippen molar-refractivity contribution in [1.82, 2.24) is 4.98 Å². The van der Waals surface area contributed by atoms with E-state index >= 15 is 0 Å². The van der Waals surface area contributed by atoms with Gasteiger partial charge >= 0.3 is 11.7 Å². The fraction of sp³-hybridized carbons (Fsp3) is 0.273. The van der Waals surface area contributed by atoms with Crippen LogP contribution in [0.2, 0.25) is 0 Å². The molecule has 0 fully saturated rings. The minimum atomic E-state index is -0.899. The molecule has 8 heteroatoms. The number of halogens is 1. The molecule has 0 radical (unpaired) electrons. The molecule has 0 saturated heterocycles. The Hall–Kier alpha value is -1.96. The maximum Gasteiger partial charge on any atom is 0.311 e. The summed E-state index contributed by atoms with van der Waals surface area (Å²) in [5, 5.41) is 22.8. The van der Waals surface area contributed by atoms with Gasteiger partial charge in [-0.25, -0.2) is 0 Å². The lowest BCUT2D eigenvalue weighted by atomic mass is 10.1. The smallest absolute Gasteiger partial charge is 0.311 e. The molecule has 0 amide bonds. The summed E-state index contributed by atoms with van der Waals surface area (Å²) >= 11 is 3.20. The van der Waals surface area contributed by atoms with Gasteiger partial charge in [0.15, 0.2) is 0 Å². The molecular formula is C11H10BrN3O4. The molecule has 7 nitrogen and oxygen atoms in total. The Balaban J connectivity index is 2.19. The highest BCUT2D eigenvalue weighted by Gasteiger charge is 2.27. The standard InChI is InChI=1S/C11H10BrN3O4/c12-8-4-13-5-9(15(18)19)10(8)14-7-2-1-6(3-7)11(16)17/h1-2,4-7H,3H2,(H,13,14)(H,16,17). The van der Waals surface area contributed by atoms with Crippen molar-refractivity contribution in [2.75, 3.05) is 5.32 Å². The predicted octanol–water partition coefficient (Wildman–Crippen LogP) is 2.19. The van der Waals surface area contributed by atoms with Crippen LogP contribution in [-0.2, 0) is 4.79 Å². The van der Waals surface area contributed by atoms with Gasteiger partial charge in [-0.15, -0.1) is 0 Å². The van der Waals surface area contributed by atoms with Crippen LogP contribution in [0, 0.1) is 16.0 Å². The number of hydrogen-bond donors (Lipinski definition) is 2. The molecule has 19 heavy (non-hydrogen) atoms. The first kappa shape index (κ1) is 13.5. The van der Waals surface area contributed by atoms with E-state index < -0.39 is 16.8 Å². The molecule has 2 rings (SSSR count). The topological polar surface area (TPSA) is 105 Å². The third-order valence-electron chi connectivity index (χ3n) is 2.81. The van der Waals surface area contributed by atoms with Crippen LogP contribution < -0.4 is 5.32 Å². The van der Waals surface area contributed by atoms with Crippen LogP contribution >= 0.6 is 15.9 Å². The van der Waals surface area contributed by atoms with E-state index in [1.165, 1.54) is 6.20 Å². The number of nitrogens with one attached hydrogen (secondary N) is 1. The summed E-state index contributed by atoms with van der Waals surface area (Å²) in [4.78, 5) is 25.0. The third kappa shape index (κ3) is 2.90. The van der Waals surface area contributed by atoms with Crippen molar-refractivity contribution in [1.29, 1.82) is 0 Å². The molecule has 1 aliphatic rings. The Bertz CT molecular complexity index is 561. The molecule has 2 atom stereocenters. The number of rotatable bonds is 4. The van der Waals surface area contributed by atoms with E-state index in [4.69, 9.17) is 5.11 Å². The van der Waals surface area contributed by atoms with Gasteiger partial charge < -0.3 is 10.4 Å². The van der Waals surface area contributed by atoms with Gasteiger partial charge in [-0.05, 0) is 22.4 Å². The Morgan fingerprint density at radius 3 is 2.84 bits per heavy atom. The average Bonchev–Trinajstić information content (AvgIpc) is 2.80. The Labute approximate surface area is 116 Å². The van der Waals surface area contributed by atoms with Crippen LogP contribution in [0.3, 0.4) is 0 Å². The number of hydrogen-bond acceptors (Lipinski definition) is 5. The van der Waals surface area contributed by atoms with E-state index in [-0.39, 0.29) is 11.7 Å². The average molecular weight is 328 g/mol. The number of aliphatic carboxylic acids is 1. The van der Waals surface area contributed by atoms with Gasteiger partial charge in [0.05, 0.1) is 15.3 Å². The van der Waals surface area contributed by atoms with Gasteiger partial charge in [0.2, 0.25) is 0 Å². The van der Waals surface area contributed by atoms with Crippen LogP contribution in [0.15, 0.2) is 29.0 Å². The fourth-order valence-corrected chi connectivity index (χ4v) is 2.32. The third-order valence-corrected chi connectivity index (χ3v) is 3.41. The van der Waals surface area contributed by atoms with Crippen molar-refractivity contribution in [3.63, 3.8) is 0 Å². The first-order valence-electron chi connectivity index (χ1n) is 5.44. The number of pyridine rings is 1. The molecule has 0 saturated carbocycles. The van der Waals surface area contributed by atoms with Crippen molar-refractivity contribution in [3.05, 3.63) is 39.1 Å². The van der Waals surface area contributed by atoms with Crippen molar-refractivity contribution in [2.24, 2.45) is 5.92 Å². The van der Waals surface area contributed by atoms with Gasteiger partial charge in [-0.3, -0.25) is 19.9 Å². The highest BCUT2D eigenvalue weighted by molar-refractivity contribution is 9.10. The fourth-order valence-electron chi connectivity index (χ4n) is 1.88. The van der Waals surface area contributed by atoms with E-state index in [0.717, 1.165) is 6.20 Å². The molecule has 2 unspecified atom stereocenters. The summed E-state index contributed by atoms with van der Waals surface area (Å²) in [7, 11) is 0. The number of aromatic nitrogens is 1. The molecule has 0 spiro atoms. The van der Waals surface area contributed by atoms with Crippen molar-refractivity contribution >= 4 is 33.3 Å². The zero-order valence-corrected chi connectivity index (χ0v) is 11.2. The summed E-state index contributed by atoms with van der Waals surface area (Å²) in [5.74, 6) is -1.46. The normalized spacial score (nSPS) is 21.3. The van der Waals surface area contributed by atoms with Gasteiger partial charge in [-0.2, -0.15) is 0 Å². The van der Waals surface area contributed by atoms with Crippen LogP contribution in [0.5, 0.6) is 0 Å². The Kier molecular flexibility index (Phi) is 3.79. The minimum absolute atomic E-state index is 0.151. The summed E-state index contributed by atoms with van der Waals surface area (Å²) in [6.07, 6.45) is 6.25. The number of anilines is 1. The number of carboxylic acid groups (broad SMARTS) is 1. The second kappa shape index (κ2) is 5.35. The predicted molar refractivity (Wildman–Crippen MR) is 70.9 cm³/mol. The summed E-state index contributed by atoms with van der Waals surface area (Å²) < 4.78 is 0.467. The molecule has 1 heterocycles. The zero-order valence-electron chi connectivity index (χ0n) is 9.62. The van der Waals surface area contributed by atoms with E-state index in [1.54, 1.807) is 12.2 Å². The Morgan fingerprint density at radius 2 is 2.26 bits per heavy atom. The highest BCUT2D eigenvalue weighted by Crippen LogP contribution is 2.33. The molecule has 2 N–H and O–H groups in total. The van der Waals surface area contributed by atoms with Crippen LogP contribution in [0.4, 0.5) is 11.4 Å². The molecule has 1 aromatic rings. The largest absolute Gasteiger partial charge is 0.481 e. The molecule has 0 aliphatic heterocycles. The quantitative estimate of drug-likeness (QED) is 0.499. The Morgan fingerprint density at radius 1 is 1.53 bits per heavy atom. The van der Waals surface area contributed by atoms with Crippen molar-refractivity contribution in [2.45, 2.75) is 12.5 Å². The first-order chi connectivity index (χ1) is 8.99. The van der Waals surface area contributed by atoms with Crippen LogP contribution in [0.1, 0.15) is 6.42 Å². The van der Waals surface area contributed by atoms with Gasteiger partial charge in [0.1, 0.15) is 11.9 Å². The number of nitrogens with zero attached hydrogens (tertiary/aromatic N) is 2. The maximum atomic E-state index is 10.9. The lowest BCUT2D eigenvalue weighted by Gasteiger charge is -2.14. The van der Waals surface area contributed by atoms with Crippen LogP contribution in [-0.4, -0.2) is 27.0 Å². The zero-order chi connectivity index (χ0) is 14.0. The van der Waals surface area contributed by atoms with Gasteiger partial charge in [-0.1, -0.05) is 12.2 Å². The summed E-state index contributed by atoms with van der Waals surface area (Å²) in [6, 6.07) is -0.251. The van der Waals surface area contributed by atoms with Crippen molar-refractivity contribution in [3.8, 4) is 0 Å². The number of carbonyl (C=O) groups is 1. The molecule has 0 bridgehead atoms. The number of carboxylic acids is 1. The highest BCUT2D eigenvalue weighted by atomic mass is 79.9. The molecule has 0 aromatic carbocycles. The van der Waals surface area contributed by atoms with E-state index in [2.05, 4.69) is 26.2 Å². The molecule has 100 valence electrons. The SMILES string of the molecule is O=C(O)C1C=CC(Nc2c(Br)cncc2[N+](=O)[O-])C1. The van der Waals surface area contributed by atoms with Gasteiger partial charge in [0, 0.05) is 12.2 Å². The van der Waals surface area contributed by atoms with Crippen LogP contribution in [0.25, 0.3) is 0 Å². The first-order valence-corrected chi connectivity index (χ1v) is 6.24. The molecule has 1 aromatic heterocycles. The summed E-state index contributed by atoms with van der Waals surface area (Å²) in [6.45, 7) is 0. The van der Waals surface area contributed by atoms with Crippen molar-refractivity contribution < 1.29 is 14.8 Å². The monoisotopic (exact) mass is 327 g/mol. The lowest BCUT2D eigenvalue weighted by Crippen LogP contribution is -2.19. The lowest BCUT2D eigenvalue weighted by molar-refractivity contribution is -0.384. The van der Waals surface area contributed by atoms with E-state index in [0.29, 0.717) is 16.6 Å². The summed E-state index contributed by atoms with van der Waals surface area (Å²) in [5.41, 5.74) is 0.155. The minimum Gasteiger partial charge on any atom is -0.481 e. The number of nitro groups is 1. The molecular weight excluding hydrogens is 318 g/mol.